The Kier molecular flexibility index (Phi) is 3.87. The number of likely N-dealkylation sites (N-methyl/N-ethyl adjacent to an activating group) is 1. The van der Waals surface area contributed by atoms with Crippen molar-refractivity contribution in [1.29, 1.82) is 0 Å². The Balaban J connectivity index is 2.17. The van der Waals surface area contributed by atoms with E-state index in [-0.39, 0.29) is 6.04 Å². The molecule has 1 N–H and O–H groups in total. The van der Waals surface area contributed by atoms with Gasteiger partial charge in [0, 0.05) is 30.8 Å². The van der Waals surface area contributed by atoms with Crippen LogP contribution in [0.2, 0.25) is 0 Å². The Morgan fingerprint density at radius 2 is 2.22 bits per heavy atom. The van der Waals surface area contributed by atoms with Crippen LogP contribution in [0.4, 0.5) is 0 Å². The van der Waals surface area contributed by atoms with Crippen molar-refractivity contribution >= 4 is 0 Å². The van der Waals surface area contributed by atoms with Crippen LogP contribution in [-0.2, 0) is 19.9 Å². The van der Waals surface area contributed by atoms with E-state index in [1.54, 1.807) is 0 Å². The summed E-state index contributed by atoms with van der Waals surface area (Å²) < 4.78 is 7.35. The summed E-state index contributed by atoms with van der Waals surface area (Å²) in [7, 11) is 3.98. The fourth-order valence-corrected chi connectivity index (χ4v) is 2.18. The van der Waals surface area contributed by atoms with Gasteiger partial charge in [0.2, 0.25) is 0 Å². The van der Waals surface area contributed by atoms with E-state index >= 15 is 0 Å². The average Bonchev–Trinajstić information content (AvgIpc) is 2.93. The predicted octanol–water partition coefficient (Wildman–Crippen LogP) is 2.39. The first-order valence-electron chi connectivity index (χ1n) is 6.38. The SMILES string of the molecule is CCc1cc(CC(NC)c2coc(C)c2)n(C)n1. The van der Waals surface area contributed by atoms with Crippen LogP contribution in [-0.4, -0.2) is 16.8 Å². The van der Waals surface area contributed by atoms with E-state index in [0.717, 1.165) is 24.3 Å². The van der Waals surface area contributed by atoms with Crippen molar-refractivity contribution in [3.8, 4) is 0 Å². The molecule has 2 heterocycles. The molecule has 2 aromatic rings. The third-order valence-electron chi connectivity index (χ3n) is 3.30. The van der Waals surface area contributed by atoms with E-state index < -0.39 is 0 Å². The molecule has 2 rings (SSSR count). The zero-order valence-electron chi connectivity index (χ0n) is 11.5. The van der Waals surface area contributed by atoms with Crippen LogP contribution in [0.25, 0.3) is 0 Å². The molecule has 0 spiro atoms. The Bertz CT molecular complexity index is 513. The van der Waals surface area contributed by atoms with Gasteiger partial charge < -0.3 is 9.73 Å². The number of hydrogen-bond donors (Lipinski definition) is 1. The highest BCUT2D eigenvalue weighted by molar-refractivity contribution is 5.20. The Hall–Kier alpha value is -1.55. The van der Waals surface area contributed by atoms with Gasteiger partial charge in [-0.3, -0.25) is 4.68 Å². The molecule has 0 saturated heterocycles. The lowest BCUT2D eigenvalue weighted by Gasteiger charge is -2.14. The second kappa shape index (κ2) is 5.40. The van der Waals surface area contributed by atoms with E-state index in [1.807, 2.05) is 32.0 Å². The summed E-state index contributed by atoms with van der Waals surface area (Å²) in [6, 6.07) is 4.53. The van der Waals surface area contributed by atoms with Gasteiger partial charge in [-0.05, 0) is 32.5 Å². The summed E-state index contributed by atoms with van der Waals surface area (Å²) in [5.74, 6) is 0.949. The highest BCUT2D eigenvalue weighted by atomic mass is 16.3. The first-order valence-corrected chi connectivity index (χ1v) is 6.38. The number of furan rings is 1. The Morgan fingerprint density at radius 3 is 2.72 bits per heavy atom. The summed E-state index contributed by atoms with van der Waals surface area (Å²) >= 11 is 0. The van der Waals surface area contributed by atoms with Gasteiger partial charge in [-0.2, -0.15) is 5.10 Å². The van der Waals surface area contributed by atoms with Crippen LogP contribution in [0, 0.1) is 6.92 Å². The van der Waals surface area contributed by atoms with Gasteiger partial charge in [0.1, 0.15) is 5.76 Å². The van der Waals surface area contributed by atoms with Crippen molar-refractivity contribution < 1.29 is 4.42 Å². The van der Waals surface area contributed by atoms with E-state index in [4.69, 9.17) is 4.42 Å². The number of nitrogens with zero attached hydrogens (tertiary/aromatic N) is 2. The van der Waals surface area contributed by atoms with Crippen molar-refractivity contribution in [3.63, 3.8) is 0 Å². The molecule has 0 radical (unpaired) electrons. The summed E-state index contributed by atoms with van der Waals surface area (Å²) in [6.07, 6.45) is 3.72. The smallest absolute Gasteiger partial charge is 0.101 e. The monoisotopic (exact) mass is 247 g/mol. The maximum atomic E-state index is 5.38. The molecule has 1 unspecified atom stereocenters. The molecular formula is C14H21N3O. The largest absolute Gasteiger partial charge is 0.469 e. The van der Waals surface area contributed by atoms with Crippen molar-refractivity contribution in [2.24, 2.45) is 7.05 Å². The number of nitrogens with one attached hydrogen (secondary N) is 1. The Morgan fingerprint density at radius 1 is 1.44 bits per heavy atom. The van der Waals surface area contributed by atoms with Crippen LogP contribution >= 0.6 is 0 Å². The molecule has 0 aliphatic rings. The van der Waals surface area contributed by atoms with Crippen LogP contribution in [0.1, 0.15) is 35.7 Å². The third-order valence-corrected chi connectivity index (χ3v) is 3.30. The minimum Gasteiger partial charge on any atom is -0.469 e. The normalized spacial score (nSPS) is 12.9. The van der Waals surface area contributed by atoms with Gasteiger partial charge >= 0.3 is 0 Å². The maximum Gasteiger partial charge on any atom is 0.101 e. The van der Waals surface area contributed by atoms with E-state index in [1.165, 1.54) is 11.3 Å². The number of rotatable bonds is 5. The minimum absolute atomic E-state index is 0.266. The fraction of sp³-hybridized carbons (Fsp3) is 0.500. The molecule has 0 fully saturated rings. The van der Waals surface area contributed by atoms with Gasteiger partial charge in [-0.1, -0.05) is 6.92 Å². The molecule has 2 aromatic heterocycles. The number of aryl methyl sites for hydroxylation is 3. The molecule has 0 aromatic carbocycles. The average molecular weight is 247 g/mol. The molecule has 4 nitrogen and oxygen atoms in total. The quantitative estimate of drug-likeness (QED) is 0.882. The molecule has 0 saturated carbocycles. The lowest BCUT2D eigenvalue weighted by atomic mass is 10.0. The molecule has 18 heavy (non-hydrogen) atoms. The highest BCUT2D eigenvalue weighted by Crippen LogP contribution is 2.20. The zero-order chi connectivity index (χ0) is 13.1. The second-order valence-electron chi connectivity index (χ2n) is 4.64. The number of aromatic nitrogens is 2. The first-order chi connectivity index (χ1) is 8.63. The van der Waals surface area contributed by atoms with Crippen molar-refractivity contribution in [1.82, 2.24) is 15.1 Å². The van der Waals surface area contributed by atoms with Crippen LogP contribution in [0.5, 0.6) is 0 Å². The summed E-state index contributed by atoms with van der Waals surface area (Å²) in [5, 5.41) is 7.81. The van der Waals surface area contributed by atoms with Crippen molar-refractivity contribution in [3.05, 3.63) is 41.1 Å². The lowest BCUT2D eigenvalue weighted by Crippen LogP contribution is -2.19. The molecule has 98 valence electrons. The second-order valence-corrected chi connectivity index (χ2v) is 4.64. The summed E-state index contributed by atoms with van der Waals surface area (Å²) in [4.78, 5) is 0. The van der Waals surface area contributed by atoms with Gasteiger partial charge in [0.05, 0.1) is 12.0 Å². The van der Waals surface area contributed by atoms with Crippen molar-refractivity contribution in [2.45, 2.75) is 32.7 Å². The number of hydrogen-bond acceptors (Lipinski definition) is 3. The van der Waals surface area contributed by atoms with Gasteiger partial charge in [0.25, 0.3) is 0 Å². The molecular weight excluding hydrogens is 226 g/mol. The topological polar surface area (TPSA) is 43.0 Å². The minimum atomic E-state index is 0.266. The molecule has 0 aliphatic carbocycles. The van der Waals surface area contributed by atoms with Gasteiger partial charge in [-0.25, -0.2) is 0 Å². The third kappa shape index (κ3) is 2.64. The fourth-order valence-electron chi connectivity index (χ4n) is 2.18. The molecule has 1 atom stereocenters. The summed E-state index contributed by atoms with van der Waals surface area (Å²) in [6.45, 7) is 4.09. The van der Waals surface area contributed by atoms with Crippen LogP contribution in [0.15, 0.2) is 22.8 Å². The highest BCUT2D eigenvalue weighted by Gasteiger charge is 2.15. The van der Waals surface area contributed by atoms with E-state index in [2.05, 4.69) is 29.5 Å². The molecule has 4 heteroatoms. The van der Waals surface area contributed by atoms with Gasteiger partial charge in [0.15, 0.2) is 0 Å². The van der Waals surface area contributed by atoms with Gasteiger partial charge in [-0.15, -0.1) is 0 Å². The summed E-state index contributed by atoms with van der Waals surface area (Å²) in [5.41, 5.74) is 3.57. The molecule has 0 bridgehead atoms. The first kappa shape index (κ1) is 12.9. The van der Waals surface area contributed by atoms with Crippen LogP contribution in [0.3, 0.4) is 0 Å². The standard InChI is InChI=1S/C14H21N3O/c1-5-12-7-13(17(4)16-12)8-14(15-3)11-6-10(2)18-9-11/h6-7,9,14-15H,5,8H2,1-4H3. The predicted molar refractivity (Wildman–Crippen MR) is 71.5 cm³/mol. The Labute approximate surface area is 108 Å². The van der Waals surface area contributed by atoms with Crippen LogP contribution < -0.4 is 5.32 Å². The molecule has 0 amide bonds. The zero-order valence-corrected chi connectivity index (χ0v) is 11.5. The molecule has 0 aliphatic heterocycles. The maximum absolute atomic E-state index is 5.38. The van der Waals surface area contributed by atoms with E-state index in [9.17, 15) is 0 Å². The lowest BCUT2D eigenvalue weighted by molar-refractivity contribution is 0.515. The van der Waals surface area contributed by atoms with Crippen molar-refractivity contribution in [2.75, 3.05) is 7.05 Å². The van der Waals surface area contributed by atoms with E-state index in [0.29, 0.717) is 0 Å².